The highest BCUT2D eigenvalue weighted by atomic mass is 32.2. The summed E-state index contributed by atoms with van der Waals surface area (Å²) in [4.78, 5) is 24.8. The summed E-state index contributed by atoms with van der Waals surface area (Å²) in [5.41, 5.74) is 2.88. The monoisotopic (exact) mass is 375 g/mol. The number of ether oxygens (including phenoxy) is 1. The molecule has 0 aliphatic carbocycles. The van der Waals surface area contributed by atoms with E-state index in [2.05, 4.69) is 4.72 Å². The zero-order valence-electron chi connectivity index (χ0n) is 15.1. The number of Topliss-reactive ketones (excluding diaryl/α,β-unsaturated/α-hetero) is 1. The van der Waals surface area contributed by atoms with Crippen LogP contribution in [-0.2, 0) is 14.8 Å². The van der Waals surface area contributed by atoms with Gasteiger partial charge in [0.2, 0.25) is 15.8 Å². The number of carbonyl (C=O) groups excluding carboxylic acids is 2. The van der Waals surface area contributed by atoms with E-state index in [-0.39, 0.29) is 5.78 Å². The SMILES string of the molecule is Cc1cccc(C(=O)O[C@H](C)C(=O)c2ccc(NS(C)(=O)=O)cc2)c1C. The maximum atomic E-state index is 12.4. The Kier molecular flexibility index (Phi) is 5.82. The molecule has 0 unspecified atom stereocenters. The molecule has 0 aromatic heterocycles. The summed E-state index contributed by atoms with van der Waals surface area (Å²) < 4.78 is 30.0. The fourth-order valence-electron chi connectivity index (χ4n) is 2.40. The van der Waals surface area contributed by atoms with Gasteiger partial charge in [0.05, 0.1) is 11.8 Å². The number of anilines is 1. The molecule has 0 radical (unpaired) electrons. The Morgan fingerprint density at radius 2 is 1.65 bits per heavy atom. The van der Waals surface area contributed by atoms with Gasteiger partial charge >= 0.3 is 5.97 Å². The van der Waals surface area contributed by atoms with Crippen molar-refractivity contribution in [2.45, 2.75) is 26.9 Å². The summed E-state index contributed by atoms with van der Waals surface area (Å²) in [5.74, 6) is -0.919. The van der Waals surface area contributed by atoms with Gasteiger partial charge < -0.3 is 4.74 Å². The highest BCUT2D eigenvalue weighted by Crippen LogP contribution is 2.17. The molecule has 0 saturated heterocycles. The molecule has 0 amide bonds. The largest absolute Gasteiger partial charge is 0.451 e. The number of sulfonamides is 1. The zero-order valence-corrected chi connectivity index (χ0v) is 15.9. The third kappa shape index (κ3) is 4.92. The van der Waals surface area contributed by atoms with Crippen molar-refractivity contribution < 1.29 is 22.7 Å². The summed E-state index contributed by atoms with van der Waals surface area (Å²) in [7, 11) is -3.39. The molecule has 2 aromatic rings. The first-order valence-corrected chi connectivity index (χ1v) is 9.87. The number of esters is 1. The minimum atomic E-state index is -3.39. The molecule has 6 nitrogen and oxygen atoms in total. The van der Waals surface area contributed by atoms with Crippen LogP contribution >= 0.6 is 0 Å². The quantitative estimate of drug-likeness (QED) is 0.619. The predicted molar refractivity (Wildman–Crippen MR) is 100 cm³/mol. The molecule has 26 heavy (non-hydrogen) atoms. The minimum Gasteiger partial charge on any atom is -0.451 e. The molecular weight excluding hydrogens is 354 g/mol. The van der Waals surface area contributed by atoms with Crippen LogP contribution in [0.3, 0.4) is 0 Å². The van der Waals surface area contributed by atoms with Crippen LogP contribution in [0, 0.1) is 13.8 Å². The van der Waals surface area contributed by atoms with E-state index < -0.39 is 22.1 Å². The van der Waals surface area contributed by atoms with Gasteiger partial charge in [0, 0.05) is 11.3 Å². The number of carbonyl (C=O) groups is 2. The maximum Gasteiger partial charge on any atom is 0.339 e. The Hall–Kier alpha value is -2.67. The molecular formula is C19H21NO5S. The van der Waals surface area contributed by atoms with Crippen molar-refractivity contribution in [3.63, 3.8) is 0 Å². The van der Waals surface area contributed by atoms with E-state index in [0.717, 1.165) is 17.4 Å². The highest BCUT2D eigenvalue weighted by Gasteiger charge is 2.21. The molecule has 7 heteroatoms. The van der Waals surface area contributed by atoms with Crippen molar-refractivity contribution in [1.82, 2.24) is 0 Å². The molecule has 1 atom stereocenters. The van der Waals surface area contributed by atoms with Crippen molar-refractivity contribution in [2.24, 2.45) is 0 Å². The Morgan fingerprint density at radius 3 is 2.23 bits per heavy atom. The Morgan fingerprint density at radius 1 is 1.04 bits per heavy atom. The Bertz CT molecular complexity index is 933. The van der Waals surface area contributed by atoms with Gasteiger partial charge in [-0.05, 0) is 62.2 Å². The van der Waals surface area contributed by atoms with Gasteiger partial charge in [-0.1, -0.05) is 12.1 Å². The second-order valence-electron chi connectivity index (χ2n) is 6.11. The molecule has 2 rings (SSSR count). The Labute approximate surface area is 153 Å². The van der Waals surface area contributed by atoms with Gasteiger partial charge in [0.1, 0.15) is 0 Å². The topological polar surface area (TPSA) is 89.5 Å². The van der Waals surface area contributed by atoms with Crippen LogP contribution in [0.15, 0.2) is 42.5 Å². The molecule has 1 N–H and O–H groups in total. The first-order valence-electron chi connectivity index (χ1n) is 7.98. The molecule has 2 aromatic carbocycles. The third-order valence-electron chi connectivity index (χ3n) is 3.95. The van der Waals surface area contributed by atoms with Crippen LogP contribution in [0.5, 0.6) is 0 Å². The van der Waals surface area contributed by atoms with Gasteiger partial charge in [-0.25, -0.2) is 13.2 Å². The van der Waals surface area contributed by atoms with Crippen LogP contribution in [-0.4, -0.2) is 32.5 Å². The lowest BCUT2D eigenvalue weighted by molar-refractivity contribution is 0.0318. The molecule has 0 heterocycles. The first-order chi connectivity index (χ1) is 12.1. The van der Waals surface area contributed by atoms with Gasteiger partial charge in [-0.15, -0.1) is 0 Å². The minimum absolute atomic E-state index is 0.324. The van der Waals surface area contributed by atoms with E-state index in [0.29, 0.717) is 16.8 Å². The van der Waals surface area contributed by atoms with E-state index in [1.54, 1.807) is 12.1 Å². The number of rotatable bonds is 6. The summed E-state index contributed by atoms with van der Waals surface area (Å²) in [6.45, 7) is 5.23. The van der Waals surface area contributed by atoms with E-state index in [9.17, 15) is 18.0 Å². The van der Waals surface area contributed by atoms with E-state index in [1.807, 2.05) is 19.9 Å². The number of aryl methyl sites for hydroxylation is 1. The number of hydrogen-bond donors (Lipinski definition) is 1. The van der Waals surface area contributed by atoms with Crippen LogP contribution in [0.4, 0.5) is 5.69 Å². The number of nitrogens with one attached hydrogen (secondary N) is 1. The smallest absolute Gasteiger partial charge is 0.339 e. The standard InChI is InChI=1S/C19H21NO5S/c1-12-6-5-7-17(13(12)2)19(22)25-14(3)18(21)15-8-10-16(11-9-15)20-26(4,23)24/h5-11,14,20H,1-4H3/t14-/m1/s1. The molecule has 0 fully saturated rings. The van der Waals surface area contributed by atoms with Crippen LogP contribution in [0.25, 0.3) is 0 Å². The van der Waals surface area contributed by atoms with Gasteiger partial charge in [0.25, 0.3) is 0 Å². The van der Waals surface area contributed by atoms with E-state index in [4.69, 9.17) is 4.74 Å². The average Bonchev–Trinajstić information content (AvgIpc) is 2.55. The summed E-state index contributed by atoms with van der Waals surface area (Å²) in [6.07, 6.45) is 0.0806. The van der Waals surface area contributed by atoms with Crippen LogP contribution < -0.4 is 4.72 Å². The van der Waals surface area contributed by atoms with Crippen molar-refractivity contribution in [2.75, 3.05) is 11.0 Å². The second-order valence-corrected chi connectivity index (χ2v) is 7.86. The van der Waals surface area contributed by atoms with E-state index >= 15 is 0 Å². The van der Waals surface area contributed by atoms with Crippen LogP contribution in [0.2, 0.25) is 0 Å². The van der Waals surface area contributed by atoms with Gasteiger partial charge in [-0.2, -0.15) is 0 Å². The maximum absolute atomic E-state index is 12.4. The summed E-state index contributed by atoms with van der Waals surface area (Å²) in [6, 6.07) is 11.2. The predicted octanol–water partition coefficient (Wildman–Crippen LogP) is 3.10. The van der Waals surface area contributed by atoms with Crippen molar-refractivity contribution in [3.05, 3.63) is 64.7 Å². The van der Waals surface area contributed by atoms with Gasteiger partial charge in [-0.3, -0.25) is 9.52 Å². The number of benzene rings is 2. The summed E-state index contributed by atoms with van der Waals surface area (Å²) in [5, 5.41) is 0. The zero-order chi connectivity index (χ0) is 19.5. The van der Waals surface area contributed by atoms with E-state index in [1.165, 1.54) is 31.2 Å². The number of ketones is 1. The lowest BCUT2D eigenvalue weighted by Crippen LogP contribution is -2.25. The molecule has 0 spiro atoms. The Balaban J connectivity index is 2.09. The molecule has 0 aliphatic heterocycles. The molecule has 138 valence electrons. The third-order valence-corrected chi connectivity index (χ3v) is 4.56. The van der Waals surface area contributed by atoms with Crippen molar-refractivity contribution >= 4 is 27.5 Å². The molecule has 0 saturated carbocycles. The average molecular weight is 375 g/mol. The van der Waals surface area contributed by atoms with Gasteiger partial charge in [0.15, 0.2) is 6.10 Å². The first kappa shape index (κ1) is 19.7. The number of hydrogen-bond acceptors (Lipinski definition) is 5. The fourth-order valence-corrected chi connectivity index (χ4v) is 2.97. The fraction of sp³-hybridized carbons (Fsp3) is 0.263. The van der Waals surface area contributed by atoms with Crippen molar-refractivity contribution in [1.29, 1.82) is 0 Å². The normalized spacial score (nSPS) is 12.3. The lowest BCUT2D eigenvalue weighted by atomic mass is 10.0. The molecule has 0 bridgehead atoms. The summed E-state index contributed by atoms with van der Waals surface area (Å²) >= 11 is 0. The van der Waals surface area contributed by atoms with Crippen LogP contribution in [0.1, 0.15) is 38.8 Å². The second kappa shape index (κ2) is 7.70. The van der Waals surface area contributed by atoms with Crippen molar-refractivity contribution in [3.8, 4) is 0 Å². The highest BCUT2D eigenvalue weighted by molar-refractivity contribution is 7.92. The molecule has 0 aliphatic rings. The lowest BCUT2D eigenvalue weighted by Gasteiger charge is -2.14.